The van der Waals surface area contributed by atoms with Gasteiger partial charge in [-0.15, -0.1) is 9.89 Å². The topological polar surface area (TPSA) is 100 Å². The predicted octanol–water partition coefficient (Wildman–Crippen LogP) is 1.94. The number of rotatable bonds is 2. The van der Waals surface area contributed by atoms with Crippen LogP contribution in [0.15, 0.2) is 28.3 Å². The number of phenols is 1. The lowest BCUT2D eigenvalue weighted by Crippen LogP contribution is -2.21. The fourth-order valence-corrected chi connectivity index (χ4v) is 2.32. The maximum atomic E-state index is 11.4. The van der Waals surface area contributed by atoms with Gasteiger partial charge in [-0.05, 0) is 44.5 Å². The van der Waals surface area contributed by atoms with Gasteiger partial charge in [-0.1, -0.05) is 0 Å². The molecule has 0 spiro atoms. The van der Waals surface area contributed by atoms with Crippen molar-refractivity contribution in [3.63, 3.8) is 0 Å². The summed E-state index contributed by atoms with van der Waals surface area (Å²) in [6.45, 7) is 5.48. The van der Waals surface area contributed by atoms with Gasteiger partial charge in [-0.2, -0.15) is 5.10 Å². The lowest BCUT2D eigenvalue weighted by atomic mass is 10.1. The first kappa shape index (κ1) is 14.0. The van der Waals surface area contributed by atoms with Crippen LogP contribution in [0.4, 0.5) is 5.69 Å². The van der Waals surface area contributed by atoms with Gasteiger partial charge in [0.05, 0.1) is 11.4 Å². The van der Waals surface area contributed by atoms with E-state index in [9.17, 15) is 15.0 Å². The number of nitrogens with zero attached hydrogens (tertiary/aromatic N) is 4. The normalized spacial score (nSPS) is 15.0. The van der Waals surface area contributed by atoms with Crippen LogP contribution in [0, 0.1) is 20.8 Å². The van der Waals surface area contributed by atoms with Crippen molar-refractivity contribution < 1.29 is 15.0 Å². The van der Waals surface area contributed by atoms with Crippen molar-refractivity contribution in [3.8, 4) is 5.75 Å². The van der Waals surface area contributed by atoms with E-state index in [1.54, 1.807) is 19.1 Å². The molecule has 0 saturated heterocycles. The fraction of sp³-hybridized carbons (Fsp3) is 0.200. The van der Waals surface area contributed by atoms with Gasteiger partial charge in [0.15, 0.2) is 5.71 Å². The molecule has 2 aromatic rings. The number of aliphatic carboxylic acids is 1. The Hall–Kier alpha value is -2.96. The van der Waals surface area contributed by atoms with Gasteiger partial charge < -0.3 is 10.2 Å². The smallest absolute Gasteiger partial charge is 0.358 e. The Morgan fingerprint density at radius 3 is 2.64 bits per heavy atom. The molecule has 2 heterocycles. The van der Waals surface area contributed by atoms with Gasteiger partial charge in [-0.3, -0.25) is 0 Å². The number of benzene rings is 1. The molecule has 0 aliphatic carbocycles. The van der Waals surface area contributed by atoms with Crippen LogP contribution in [0.1, 0.15) is 22.5 Å². The molecule has 112 valence electrons. The van der Waals surface area contributed by atoms with Crippen molar-refractivity contribution in [2.24, 2.45) is 10.1 Å². The minimum Gasteiger partial charge on any atom is -0.508 e. The third kappa shape index (κ3) is 2.07. The molecule has 0 bridgehead atoms. The van der Waals surface area contributed by atoms with Gasteiger partial charge in [0, 0.05) is 5.56 Å². The Bertz CT molecular complexity index is 862. The number of aliphatic imine (C=N–C) groups is 1. The predicted molar refractivity (Wildman–Crippen MR) is 81.2 cm³/mol. The van der Waals surface area contributed by atoms with E-state index >= 15 is 0 Å². The van der Waals surface area contributed by atoms with Crippen molar-refractivity contribution in [2.75, 3.05) is 0 Å². The molecule has 7 heteroatoms. The first-order valence-corrected chi connectivity index (χ1v) is 6.66. The highest BCUT2D eigenvalue weighted by molar-refractivity contribution is 6.69. The highest BCUT2D eigenvalue weighted by Gasteiger charge is 2.32. The number of hydrogen-bond donors (Lipinski definition) is 2. The molecule has 0 radical (unpaired) electrons. The van der Waals surface area contributed by atoms with Crippen LogP contribution in [0.3, 0.4) is 0 Å². The van der Waals surface area contributed by atoms with E-state index in [2.05, 4.69) is 15.2 Å². The second-order valence-electron chi connectivity index (χ2n) is 5.13. The third-order valence-corrected chi connectivity index (χ3v) is 3.60. The van der Waals surface area contributed by atoms with Gasteiger partial charge in [0.1, 0.15) is 17.2 Å². The van der Waals surface area contributed by atoms with Crippen LogP contribution >= 0.6 is 0 Å². The standard InChI is InChI=1S/C15H14N4O3/c1-7-6-10(20)4-5-11(7)16-12-13(15(21)22)18-19-14(12)8(2)9(3)17-19/h4-6,20H,1-3H3,(H,21,22). The van der Waals surface area contributed by atoms with E-state index in [1.807, 2.05) is 13.8 Å². The lowest BCUT2D eigenvalue weighted by Gasteiger charge is -2.04. The van der Waals surface area contributed by atoms with E-state index in [1.165, 1.54) is 10.9 Å². The van der Waals surface area contributed by atoms with E-state index in [4.69, 9.17) is 0 Å². The van der Waals surface area contributed by atoms with Crippen LogP contribution < -0.4 is 0 Å². The van der Waals surface area contributed by atoms with Crippen LogP contribution in [0.2, 0.25) is 0 Å². The van der Waals surface area contributed by atoms with Gasteiger partial charge >= 0.3 is 5.97 Å². The van der Waals surface area contributed by atoms with E-state index in [0.717, 1.165) is 16.8 Å². The van der Waals surface area contributed by atoms with Gasteiger partial charge in [0.2, 0.25) is 0 Å². The quantitative estimate of drug-likeness (QED) is 0.884. The molecular formula is C15H14N4O3. The summed E-state index contributed by atoms with van der Waals surface area (Å²) in [5.74, 6) is -1.02. The molecule has 0 atom stereocenters. The Morgan fingerprint density at radius 1 is 1.27 bits per heavy atom. The zero-order valence-corrected chi connectivity index (χ0v) is 12.3. The van der Waals surface area contributed by atoms with Crippen LogP contribution in [0.25, 0.3) is 0 Å². The number of fused-ring (bicyclic) bond motifs is 1. The first-order chi connectivity index (χ1) is 10.4. The molecule has 1 aromatic heterocycles. The molecule has 1 aromatic carbocycles. The minimum atomic E-state index is -1.15. The molecule has 0 unspecified atom stereocenters. The maximum Gasteiger partial charge on any atom is 0.358 e. The average Bonchev–Trinajstić information content (AvgIpc) is 2.92. The molecule has 7 nitrogen and oxygen atoms in total. The fourth-order valence-electron chi connectivity index (χ4n) is 2.32. The first-order valence-electron chi connectivity index (χ1n) is 6.66. The SMILES string of the molecule is Cc1cc(O)ccc1N=C1C(C(=O)O)=Nn2nc(C)c(C)c21. The largest absolute Gasteiger partial charge is 0.508 e. The Balaban J connectivity index is 2.21. The maximum absolute atomic E-state index is 11.4. The van der Waals surface area contributed by atoms with E-state index in [-0.39, 0.29) is 17.2 Å². The molecular weight excluding hydrogens is 284 g/mol. The number of aromatic nitrogens is 2. The summed E-state index contributed by atoms with van der Waals surface area (Å²) in [5, 5.41) is 27.0. The minimum absolute atomic E-state index is 0.136. The van der Waals surface area contributed by atoms with Crippen molar-refractivity contribution in [1.82, 2.24) is 9.89 Å². The van der Waals surface area contributed by atoms with Crippen LogP contribution in [-0.2, 0) is 4.79 Å². The Morgan fingerprint density at radius 2 is 2.00 bits per heavy atom. The van der Waals surface area contributed by atoms with Gasteiger partial charge in [0.25, 0.3) is 0 Å². The number of aryl methyl sites for hydroxylation is 2. The van der Waals surface area contributed by atoms with Crippen molar-refractivity contribution >= 4 is 23.1 Å². The second-order valence-corrected chi connectivity index (χ2v) is 5.13. The number of carbonyl (C=O) groups is 1. The van der Waals surface area contributed by atoms with Crippen molar-refractivity contribution in [2.45, 2.75) is 20.8 Å². The Kier molecular flexibility index (Phi) is 3.05. The van der Waals surface area contributed by atoms with E-state index in [0.29, 0.717) is 11.4 Å². The molecule has 1 aliphatic heterocycles. The monoisotopic (exact) mass is 298 g/mol. The summed E-state index contributed by atoms with van der Waals surface area (Å²) in [5.41, 5.74) is 3.66. The summed E-state index contributed by atoms with van der Waals surface area (Å²) >= 11 is 0. The summed E-state index contributed by atoms with van der Waals surface area (Å²) in [7, 11) is 0. The zero-order chi connectivity index (χ0) is 16.0. The number of aromatic hydroxyl groups is 1. The summed E-state index contributed by atoms with van der Waals surface area (Å²) in [4.78, 5) is 17.2. The number of hydrogen-bond acceptors (Lipinski definition) is 5. The highest BCUT2D eigenvalue weighted by atomic mass is 16.4. The number of carboxylic acids is 1. The van der Waals surface area contributed by atoms with Crippen LogP contribution in [0.5, 0.6) is 5.75 Å². The van der Waals surface area contributed by atoms with Crippen molar-refractivity contribution in [1.29, 1.82) is 0 Å². The summed E-state index contributed by atoms with van der Waals surface area (Å²) < 4.78 is 0. The van der Waals surface area contributed by atoms with Crippen LogP contribution in [-0.4, -0.2) is 37.5 Å². The summed E-state index contributed by atoms with van der Waals surface area (Å²) in [6.07, 6.45) is 0. The van der Waals surface area contributed by atoms with Gasteiger partial charge in [-0.25, -0.2) is 9.79 Å². The van der Waals surface area contributed by atoms with E-state index < -0.39 is 5.97 Å². The summed E-state index contributed by atoms with van der Waals surface area (Å²) in [6, 6.07) is 4.72. The Labute approximate surface area is 126 Å². The molecule has 0 saturated carbocycles. The number of carboxylic acid groups (broad SMARTS) is 1. The molecule has 0 amide bonds. The number of phenolic OH excluding ortho intramolecular Hbond substituents is 1. The zero-order valence-electron chi connectivity index (χ0n) is 12.3. The third-order valence-electron chi connectivity index (χ3n) is 3.60. The average molecular weight is 298 g/mol. The van der Waals surface area contributed by atoms with Crippen molar-refractivity contribution in [3.05, 3.63) is 40.7 Å². The molecule has 0 fully saturated rings. The molecule has 1 aliphatic rings. The second kappa shape index (κ2) is 4.80. The highest BCUT2D eigenvalue weighted by Crippen LogP contribution is 2.27. The molecule has 2 N–H and O–H groups in total. The molecule has 22 heavy (non-hydrogen) atoms. The lowest BCUT2D eigenvalue weighted by molar-refractivity contribution is -0.129. The molecule has 3 rings (SSSR count).